The highest BCUT2D eigenvalue weighted by atomic mass is 79.9. The normalized spacial score (nSPS) is 16.3. The van der Waals surface area contributed by atoms with Crippen LogP contribution in [0.15, 0.2) is 76.1 Å². The first kappa shape index (κ1) is 28.3. The van der Waals surface area contributed by atoms with Crippen LogP contribution in [-0.4, -0.2) is 38.4 Å². The van der Waals surface area contributed by atoms with E-state index >= 15 is 0 Å². The molecule has 2 atom stereocenters. The average Bonchev–Trinajstić information content (AvgIpc) is 3.31. The second-order valence-electron chi connectivity index (χ2n) is 8.77. The minimum absolute atomic E-state index is 0.0623. The van der Waals surface area contributed by atoms with Crippen LogP contribution >= 0.6 is 39.1 Å². The van der Waals surface area contributed by atoms with E-state index in [0.717, 1.165) is 16.7 Å². The maximum atomic E-state index is 13.2. The second-order valence-corrected chi connectivity index (χ2v) is 12.3. The Balaban J connectivity index is 1.54. The smallest absolute Gasteiger partial charge is 0.274 e. The number of anilines is 1. The zero-order valence-electron chi connectivity index (χ0n) is 19.8. The number of para-hydroxylation sites is 1. The fourth-order valence-corrected chi connectivity index (χ4v) is 6.54. The summed E-state index contributed by atoms with van der Waals surface area (Å²) in [6.07, 6.45) is 0.345. The lowest BCUT2D eigenvalue weighted by Gasteiger charge is -2.21. The molecule has 1 aliphatic heterocycles. The van der Waals surface area contributed by atoms with E-state index in [1.54, 1.807) is 6.07 Å². The van der Waals surface area contributed by atoms with E-state index in [0.29, 0.717) is 13.0 Å². The number of nitro benzene ring substituents is 1. The van der Waals surface area contributed by atoms with Crippen LogP contribution < -0.4 is 14.9 Å². The van der Waals surface area contributed by atoms with Gasteiger partial charge in [-0.05, 0) is 48.9 Å². The Morgan fingerprint density at radius 1 is 1.11 bits per heavy atom. The summed E-state index contributed by atoms with van der Waals surface area (Å²) in [4.78, 5) is 26.1. The minimum atomic E-state index is -4.25. The molecule has 1 fully saturated rings. The third kappa shape index (κ3) is 7.03. The Hall–Kier alpha value is -2.70. The number of nitrogens with one attached hydrogen (secondary N) is 2. The molecule has 3 aromatic carbocycles. The lowest BCUT2D eigenvalue weighted by Crippen LogP contribution is -2.40. The van der Waals surface area contributed by atoms with Crippen LogP contribution in [0.2, 0.25) is 10.0 Å². The van der Waals surface area contributed by atoms with Gasteiger partial charge >= 0.3 is 0 Å². The zero-order chi connectivity index (χ0) is 27.4. The van der Waals surface area contributed by atoms with E-state index in [4.69, 9.17) is 23.2 Å². The molecule has 4 rings (SSSR count). The third-order valence-electron chi connectivity index (χ3n) is 6.09. The van der Waals surface area contributed by atoms with Crippen molar-refractivity contribution < 1.29 is 18.1 Å². The number of halogens is 3. The van der Waals surface area contributed by atoms with E-state index in [-0.39, 0.29) is 38.7 Å². The number of hydrogen-bond acceptors (Lipinski definition) is 6. The molecule has 0 radical (unpaired) electrons. The van der Waals surface area contributed by atoms with Gasteiger partial charge in [-0.15, -0.1) is 0 Å². The summed E-state index contributed by atoms with van der Waals surface area (Å²) in [7, 11) is -4.25. The predicted octanol–water partition coefficient (Wildman–Crippen LogP) is 5.47. The summed E-state index contributed by atoms with van der Waals surface area (Å²) in [5.41, 5.74) is 0.780. The van der Waals surface area contributed by atoms with E-state index < -0.39 is 26.9 Å². The molecule has 38 heavy (non-hydrogen) atoms. The van der Waals surface area contributed by atoms with Gasteiger partial charge in [0.25, 0.3) is 5.69 Å². The molecule has 0 bridgehead atoms. The lowest BCUT2D eigenvalue weighted by molar-refractivity contribution is -0.385. The van der Waals surface area contributed by atoms with Crippen molar-refractivity contribution in [2.75, 3.05) is 18.0 Å². The molecule has 1 heterocycles. The Morgan fingerprint density at radius 3 is 2.42 bits per heavy atom. The number of rotatable bonds is 9. The van der Waals surface area contributed by atoms with Crippen LogP contribution in [0.3, 0.4) is 0 Å². The fourth-order valence-electron chi connectivity index (χ4n) is 4.34. The summed E-state index contributed by atoms with van der Waals surface area (Å²) >= 11 is 15.4. The molecule has 2 unspecified atom stereocenters. The standard InChI is InChI=1S/C25H23BrCl2N4O5S/c26-16-5-7-20(8-6-16)31-10-9-19(15-31)29-25(33)14-23(22-3-1-2-4-24(22)32(34)35)30-38(36,37)21-12-17(27)11-18(28)13-21/h1-8,11-13,19,23,30H,9-10,14-15H2,(H,29,33). The van der Waals surface area contributed by atoms with Crippen molar-refractivity contribution in [2.24, 2.45) is 0 Å². The quantitative estimate of drug-likeness (QED) is 0.236. The molecule has 9 nitrogen and oxygen atoms in total. The van der Waals surface area contributed by atoms with Crippen LogP contribution in [0.5, 0.6) is 0 Å². The number of amides is 1. The van der Waals surface area contributed by atoms with E-state index in [2.05, 4.69) is 30.9 Å². The van der Waals surface area contributed by atoms with Crippen molar-refractivity contribution in [3.63, 3.8) is 0 Å². The highest BCUT2D eigenvalue weighted by Gasteiger charge is 2.31. The van der Waals surface area contributed by atoms with E-state index in [9.17, 15) is 23.3 Å². The van der Waals surface area contributed by atoms with E-state index in [1.807, 2.05) is 24.3 Å². The molecule has 0 aromatic heterocycles. The molecular formula is C25H23BrCl2N4O5S. The largest absolute Gasteiger partial charge is 0.369 e. The van der Waals surface area contributed by atoms with Gasteiger partial charge in [-0.2, -0.15) is 0 Å². The van der Waals surface area contributed by atoms with Gasteiger partial charge in [0.1, 0.15) is 0 Å². The Bertz CT molecular complexity index is 1440. The van der Waals surface area contributed by atoms with Gasteiger partial charge in [0.05, 0.1) is 15.9 Å². The second kappa shape index (κ2) is 12.0. The number of carbonyl (C=O) groups is 1. The molecule has 0 aliphatic carbocycles. The summed E-state index contributed by atoms with van der Waals surface area (Å²) in [6, 6.07) is 16.0. The Labute approximate surface area is 238 Å². The average molecular weight is 642 g/mol. The van der Waals surface area contributed by atoms with Crippen LogP contribution in [0, 0.1) is 10.1 Å². The predicted molar refractivity (Wildman–Crippen MR) is 150 cm³/mol. The number of nitrogens with zero attached hydrogens (tertiary/aromatic N) is 2. The zero-order valence-corrected chi connectivity index (χ0v) is 23.7. The molecule has 1 amide bonds. The Kier molecular flexibility index (Phi) is 8.94. The summed E-state index contributed by atoms with van der Waals surface area (Å²) in [5, 5.41) is 14.8. The van der Waals surface area contributed by atoms with Crippen molar-refractivity contribution in [3.8, 4) is 0 Å². The number of sulfonamides is 1. The van der Waals surface area contributed by atoms with Crippen molar-refractivity contribution in [1.29, 1.82) is 0 Å². The maximum absolute atomic E-state index is 13.2. The molecule has 3 aromatic rings. The lowest BCUT2D eigenvalue weighted by atomic mass is 10.0. The van der Waals surface area contributed by atoms with Crippen LogP contribution in [0.25, 0.3) is 0 Å². The van der Waals surface area contributed by atoms with E-state index in [1.165, 1.54) is 36.4 Å². The molecule has 1 saturated heterocycles. The van der Waals surface area contributed by atoms with Gasteiger partial charge in [-0.25, -0.2) is 13.1 Å². The highest BCUT2D eigenvalue weighted by molar-refractivity contribution is 9.10. The van der Waals surface area contributed by atoms with Crippen LogP contribution in [0.1, 0.15) is 24.4 Å². The number of nitro groups is 1. The van der Waals surface area contributed by atoms with Crippen LogP contribution in [-0.2, 0) is 14.8 Å². The van der Waals surface area contributed by atoms with Gasteiger partial charge < -0.3 is 10.2 Å². The third-order valence-corrected chi connectivity index (χ3v) is 8.50. The topological polar surface area (TPSA) is 122 Å². The molecule has 13 heteroatoms. The molecular weight excluding hydrogens is 619 g/mol. The van der Waals surface area contributed by atoms with Gasteiger partial charge in [0.2, 0.25) is 15.9 Å². The molecule has 0 spiro atoms. The summed E-state index contributed by atoms with van der Waals surface area (Å²) in [6.45, 7) is 1.32. The van der Waals surface area contributed by atoms with Crippen molar-refractivity contribution in [2.45, 2.75) is 29.8 Å². The first-order valence-electron chi connectivity index (χ1n) is 11.5. The highest BCUT2D eigenvalue weighted by Crippen LogP contribution is 2.30. The van der Waals surface area contributed by atoms with Gasteiger partial charge in [0, 0.05) is 57.4 Å². The van der Waals surface area contributed by atoms with Crippen molar-refractivity contribution in [3.05, 3.63) is 96.9 Å². The number of hydrogen-bond donors (Lipinski definition) is 2. The molecule has 200 valence electrons. The fraction of sp³-hybridized carbons (Fsp3) is 0.240. The minimum Gasteiger partial charge on any atom is -0.369 e. The first-order chi connectivity index (χ1) is 18.0. The van der Waals surface area contributed by atoms with Gasteiger partial charge in [-0.1, -0.05) is 57.3 Å². The van der Waals surface area contributed by atoms with Crippen molar-refractivity contribution >= 4 is 66.4 Å². The first-order valence-corrected chi connectivity index (χ1v) is 14.6. The number of benzene rings is 3. The molecule has 0 saturated carbocycles. The summed E-state index contributed by atoms with van der Waals surface area (Å²) < 4.78 is 29.8. The Morgan fingerprint density at radius 2 is 1.76 bits per heavy atom. The van der Waals surface area contributed by atoms with Crippen molar-refractivity contribution in [1.82, 2.24) is 10.0 Å². The summed E-state index contributed by atoms with van der Waals surface area (Å²) in [5.74, 6) is -0.442. The maximum Gasteiger partial charge on any atom is 0.274 e. The molecule has 1 aliphatic rings. The van der Waals surface area contributed by atoms with Gasteiger partial charge in [-0.3, -0.25) is 14.9 Å². The van der Waals surface area contributed by atoms with Gasteiger partial charge in [0.15, 0.2) is 0 Å². The molecule has 2 N–H and O–H groups in total. The van der Waals surface area contributed by atoms with Crippen LogP contribution in [0.4, 0.5) is 11.4 Å². The monoisotopic (exact) mass is 640 g/mol. The number of carbonyl (C=O) groups excluding carboxylic acids is 1. The SMILES string of the molecule is O=C(CC(NS(=O)(=O)c1cc(Cl)cc(Cl)c1)c1ccccc1[N+](=O)[O-])NC1CCN(c2ccc(Br)cc2)C1.